The summed E-state index contributed by atoms with van der Waals surface area (Å²) in [7, 11) is 0. The Morgan fingerprint density at radius 2 is 2.14 bits per heavy atom. The molecule has 0 atom stereocenters. The van der Waals surface area contributed by atoms with Crippen molar-refractivity contribution < 1.29 is 4.74 Å². The molecule has 1 saturated heterocycles. The van der Waals surface area contributed by atoms with Crippen molar-refractivity contribution in [2.75, 3.05) is 19.8 Å². The molecule has 0 aromatic rings. The van der Waals surface area contributed by atoms with Crippen LogP contribution in [0.1, 0.15) is 7.43 Å². The first-order valence-electron chi connectivity index (χ1n) is 2.21. The van der Waals surface area contributed by atoms with E-state index in [9.17, 15) is 0 Å². The molecule has 7 heavy (non-hydrogen) atoms. The quantitative estimate of drug-likeness (QED) is 0.515. The maximum atomic E-state index is 5.25. The van der Waals surface area contributed by atoms with Crippen molar-refractivity contribution in [3.8, 4) is 0 Å². The van der Waals surface area contributed by atoms with Crippen LogP contribution in [0.4, 0.5) is 0 Å². The van der Waals surface area contributed by atoms with Crippen molar-refractivity contribution in [3.63, 3.8) is 0 Å². The zero-order valence-corrected chi connectivity index (χ0v) is 3.68. The van der Waals surface area contributed by atoms with Crippen LogP contribution in [0.5, 0.6) is 0 Å². The molecule has 0 radical (unpaired) electrons. The minimum Gasteiger partial charge on any atom is -0.381 e. The van der Waals surface area contributed by atoms with Gasteiger partial charge in [-0.2, -0.15) is 0 Å². The first kappa shape index (κ1) is 6.92. The van der Waals surface area contributed by atoms with E-state index in [0.29, 0.717) is 5.92 Å². The second-order valence-electron chi connectivity index (χ2n) is 1.64. The van der Waals surface area contributed by atoms with Crippen molar-refractivity contribution in [1.29, 1.82) is 0 Å². The summed E-state index contributed by atoms with van der Waals surface area (Å²) in [6.07, 6.45) is 0. The fourth-order valence-electron chi connectivity index (χ4n) is 0.421. The first-order valence-corrected chi connectivity index (χ1v) is 2.21. The third kappa shape index (κ3) is 1.45. The summed E-state index contributed by atoms with van der Waals surface area (Å²) in [5.74, 6) is 0.671. The van der Waals surface area contributed by atoms with Crippen LogP contribution in [0.25, 0.3) is 0 Å². The van der Waals surface area contributed by atoms with Gasteiger partial charge in [-0.15, -0.1) is 0 Å². The molecular formula is C5H13NO. The minimum atomic E-state index is 0. The van der Waals surface area contributed by atoms with Crippen molar-refractivity contribution in [2.24, 2.45) is 11.7 Å². The second kappa shape index (κ2) is 2.99. The Labute approximate surface area is 44.7 Å². The molecule has 0 saturated carbocycles. The van der Waals surface area contributed by atoms with Crippen LogP contribution in [0, 0.1) is 5.92 Å². The van der Waals surface area contributed by atoms with E-state index in [2.05, 4.69) is 0 Å². The molecule has 2 heteroatoms. The lowest BCUT2D eigenvalue weighted by Crippen LogP contribution is -2.33. The van der Waals surface area contributed by atoms with E-state index in [-0.39, 0.29) is 7.43 Å². The topological polar surface area (TPSA) is 35.2 Å². The van der Waals surface area contributed by atoms with Crippen molar-refractivity contribution in [3.05, 3.63) is 0 Å². The molecule has 0 spiro atoms. The van der Waals surface area contributed by atoms with Gasteiger partial charge in [0.1, 0.15) is 0 Å². The maximum Gasteiger partial charge on any atom is 0.0528 e. The lowest BCUT2D eigenvalue weighted by Gasteiger charge is -2.23. The summed E-state index contributed by atoms with van der Waals surface area (Å²) in [6.45, 7) is 2.56. The van der Waals surface area contributed by atoms with Crippen molar-refractivity contribution in [1.82, 2.24) is 0 Å². The Hall–Kier alpha value is -0.0800. The standard InChI is InChI=1S/C4H9NO.CH4/c5-1-4-2-6-3-4;/h4H,1-3,5H2;1H4. The van der Waals surface area contributed by atoms with Crippen LogP contribution in [0.3, 0.4) is 0 Å². The molecule has 1 aliphatic rings. The molecule has 0 aromatic carbocycles. The van der Waals surface area contributed by atoms with E-state index in [1.54, 1.807) is 0 Å². The van der Waals surface area contributed by atoms with Gasteiger partial charge in [0.2, 0.25) is 0 Å². The minimum absolute atomic E-state index is 0. The highest BCUT2D eigenvalue weighted by atomic mass is 16.5. The SMILES string of the molecule is C.NCC1COC1. The molecule has 0 amide bonds. The number of rotatable bonds is 1. The first-order chi connectivity index (χ1) is 2.93. The Morgan fingerprint density at radius 3 is 2.14 bits per heavy atom. The van der Waals surface area contributed by atoms with E-state index < -0.39 is 0 Å². The van der Waals surface area contributed by atoms with Crippen LogP contribution >= 0.6 is 0 Å². The summed E-state index contributed by atoms with van der Waals surface area (Å²) in [6, 6.07) is 0. The van der Waals surface area contributed by atoms with Gasteiger partial charge in [-0.05, 0) is 6.54 Å². The molecule has 0 unspecified atom stereocenters. The number of ether oxygens (including phenoxy) is 1. The van der Waals surface area contributed by atoms with Gasteiger partial charge in [0, 0.05) is 5.92 Å². The lowest BCUT2D eigenvalue weighted by molar-refractivity contribution is -0.0268. The third-order valence-electron chi connectivity index (χ3n) is 1.04. The van der Waals surface area contributed by atoms with E-state index in [1.807, 2.05) is 0 Å². The van der Waals surface area contributed by atoms with Gasteiger partial charge in [0.25, 0.3) is 0 Å². The van der Waals surface area contributed by atoms with Gasteiger partial charge < -0.3 is 10.5 Å². The highest BCUT2D eigenvalue weighted by molar-refractivity contribution is 4.64. The third-order valence-corrected chi connectivity index (χ3v) is 1.04. The highest BCUT2D eigenvalue weighted by Crippen LogP contribution is 2.05. The molecule has 0 aromatic heterocycles. The Kier molecular flexibility index (Phi) is 2.96. The summed E-state index contributed by atoms with van der Waals surface area (Å²) < 4.78 is 4.85. The van der Waals surface area contributed by atoms with Crippen LogP contribution in [0.2, 0.25) is 0 Å². The molecule has 1 aliphatic heterocycles. The summed E-state index contributed by atoms with van der Waals surface area (Å²) >= 11 is 0. The van der Waals surface area contributed by atoms with Crippen LogP contribution in [-0.2, 0) is 4.74 Å². The maximum absolute atomic E-state index is 5.25. The fourth-order valence-corrected chi connectivity index (χ4v) is 0.421. The molecule has 1 heterocycles. The molecule has 0 bridgehead atoms. The Morgan fingerprint density at radius 1 is 1.57 bits per heavy atom. The van der Waals surface area contributed by atoms with Gasteiger partial charge in [0.05, 0.1) is 13.2 Å². The predicted molar refractivity (Wildman–Crippen MR) is 30.1 cm³/mol. The average molecular weight is 103 g/mol. The van der Waals surface area contributed by atoms with Crippen molar-refractivity contribution in [2.45, 2.75) is 7.43 Å². The summed E-state index contributed by atoms with van der Waals surface area (Å²) in [5, 5.41) is 0. The van der Waals surface area contributed by atoms with Crippen molar-refractivity contribution >= 4 is 0 Å². The zero-order valence-electron chi connectivity index (χ0n) is 3.68. The van der Waals surface area contributed by atoms with Gasteiger partial charge in [-0.25, -0.2) is 0 Å². The summed E-state index contributed by atoms with van der Waals surface area (Å²) in [5.41, 5.74) is 5.25. The van der Waals surface area contributed by atoms with E-state index in [0.717, 1.165) is 19.8 Å². The number of hydrogen-bond acceptors (Lipinski definition) is 2. The van der Waals surface area contributed by atoms with Gasteiger partial charge in [-0.1, -0.05) is 7.43 Å². The average Bonchev–Trinajstić information content (AvgIpc) is 1.31. The predicted octanol–water partition coefficient (Wildman–Crippen LogP) is 0.228. The Balaban J connectivity index is 0.000000360. The molecule has 0 aliphatic carbocycles. The van der Waals surface area contributed by atoms with E-state index in [1.165, 1.54) is 0 Å². The molecule has 1 rings (SSSR count). The lowest BCUT2D eigenvalue weighted by atomic mass is 10.1. The van der Waals surface area contributed by atoms with E-state index in [4.69, 9.17) is 10.5 Å². The normalized spacial score (nSPS) is 20.1. The van der Waals surface area contributed by atoms with Crippen LogP contribution in [0.15, 0.2) is 0 Å². The zero-order chi connectivity index (χ0) is 4.41. The van der Waals surface area contributed by atoms with E-state index >= 15 is 0 Å². The molecule has 2 nitrogen and oxygen atoms in total. The van der Waals surface area contributed by atoms with Crippen LogP contribution in [-0.4, -0.2) is 19.8 Å². The van der Waals surface area contributed by atoms with Gasteiger partial charge in [-0.3, -0.25) is 0 Å². The molecular weight excluding hydrogens is 90.1 g/mol. The number of hydrogen-bond donors (Lipinski definition) is 1. The Bertz CT molecular complexity index is 40.6. The number of nitrogens with two attached hydrogens (primary N) is 1. The molecule has 44 valence electrons. The van der Waals surface area contributed by atoms with Gasteiger partial charge in [0.15, 0.2) is 0 Å². The smallest absolute Gasteiger partial charge is 0.0528 e. The largest absolute Gasteiger partial charge is 0.381 e. The summed E-state index contributed by atoms with van der Waals surface area (Å²) in [4.78, 5) is 0. The van der Waals surface area contributed by atoms with Gasteiger partial charge >= 0.3 is 0 Å². The monoisotopic (exact) mass is 103 g/mol. The highest BCUT2D eigenvalue weighted by Gasteiger charge is 2.14. The fraction of sp³-hybridized carbons (Fsp3) is 1.00. The molecule has 1 fully saturated rings. The van der Waals surface area contributed by atoms with Crippen LogP contribution < -0.4 is 5.73 Å². The second-order valence-corrected chi connectivity index (χ2v) is 1.64. The molecule has 2 N–H and O–H groups in total.